The third kappa shape index (κ3) is 4.93. The van der Waals surface area contributed by atoms with Crippen LogP contribution in [-0.2, 0) is 10.8 Å². The van der Waals surface area contributed by atoms with Crippen LogP contribution in [0.15, 0.2) is 0 Å². The van der Waals surface area contributed by atoms with Crippen LogP contribution in [0.2, 0.25) is 0 Å². The Morgan fingerprint density at radius 3 is 2.94 bits per heavy atom. The smallest absolute Gasteiger partial charge is 0.0246 e. The van der Waals surface area contributed by atoms with Gasteiger partial charge in [0.2, 0.25) is 0 Å². The number of hydrogen-bond acceptors (Lipinski definition) is 3. The van der Waals surface area contributed by atoms with Gasteiger partial charge in [0.1, 0.15) is 0 Å². The predicted molar refractivity (Wildman–Crippen MR) is 71.3 cm³/mol. The van der Waals surface area contributed by atoms with Crippen molar-refractivity contribution in [2.75, 3.05) is 31.6 Å². The summed E-state index contributed by atoms with van der Waals surface area (Å²) in [5.74, 6) is 0.838. The molecule has 1 saturated heterocycles. The molecule has 1 fully saturated rings. The molecule has 0 spiro atoms. The van der Waals surface area contributed by atoms with Crippen molar-refractivity contribution in [3.63, 3.8) is 0 Å². The maximum absolute atomic E-state index is 11.0. The molecule has 1 aliphatic rings. The van der Waals surface area contributed by atoms with E-state index in [1.165, 1.54) is 19.4 Å². The summed E-state index contributed by atoms with van der Waals surface area (Å²) < 4.78 is 11.0. The van der Waals surface area contributed by atoms with Crippen molar-refractivity contribution in [3.8, 4) is 0 Å². The van der Waals surface area contributed by atoms with Crippen molar-refractivity contribution >= 4 is 10.8 Å². The van der Waals surface area contributed by atoms with Crippen LogP contribution in [0.4, 0.5) is 0 Å². The number of nitrogens with zero attached hydrogens (tertiary/aromatic N) is 1. The Morgan fingerprint density at radius 1 is 1.56 bits per heavy atom. The van der Waals surface area contributed by atoms with Crippen LogP contribution in [0.25, 0.3) is 0 Å². The molecule has 0 radical (unpaired) electrons. The number of nitrogens with one attached hydrogen (secondary N) is 1. The highest BCUT2D eigenvalue weighted by atomic mass is 32.2. The third-order valence-corrected chi connectivity index (χ3v) is 4.16. The zero-order valence-corrected chi connectivity index (χ0v) is 11.7. The minimum Gasteiger partial charge on any atom is -0.313 e. The molecule has 0 saturated carbocycles. The average Bonchev–Trinajstić information content (AvgIpc) is 2.71. The Hall–Kier alpha value is 0.0700. The zero-order valence-electron chi connectivity index (χ0n) is 10.9. The fourth-order valence-electron chi connectivity index (χ4n) is 2.22. The van der Waals surface area contributed by atoms with Gasteiger partial charge in [-0.1, -0.05) is 6.92 Å². The van der Waals surface area contributed by atoms with Crippen molar-refractivity contribution in [3.05, 3.63) is 0 Å². The molecule has 4 heteroatoms. The Labute approximate surface area is 102 Å². The maximum atomic E-state index is 11.0. The minimum absolute atomic E-state index is 0.581. The van der Waals surface area contributed by atoms with Gasteiger partial charge < -0.3 is 5.32 Å². The topological polar surface area (TPSA) is 32.3 Å². The second kappa shape index (κ2) is 7.41. The van der Waals surface area contributed by atoms with Gasteiger partial charge in [-0.2, -0.15) is 0 Å². The highest BCUT2D eigenvalue weighted by molar-refractivity contribution is 7.84. The van der Waals surface area contributed by atoms with E-state index in [2.05, 4.69) is 24.1 Å². The van der Waals surface area contributed by atoms with E-state index in [0.29, 0.717) is 12.1 Å². The van der Waals surface area contributed by atoms with Crippen LogP contribution in [0, 0.1) is 0 Å². The molecule has 3 nitrogen and oxygen atoms in total. The van der Waals surface area contributed by atoms with Gasteiger partial charge in [0, 0.05) is 48.0 Å². The van der Waals surface area contributed by atoms with Crippen molar-refractivity contribution in [2.24, 2.45) is 0 Å². The number of hydrogen-bond donors (Lipinski definition) is 1. The first-order valence-corrected chi connectivity index (χ1v) is 8.13. The van der Waals surface area contributed by atoms with Crippen LogP contribution in [-0.4, -0.2) is 52.8 Å². The lowest BCUT2D eigenvalue weighted by Crippen LogP contribution is -2.37. The van der Waals surface area contributed by atoms with Gasteiger partial charge in [-0.05, 0) is 32.7 Å². The molecule has 1 heterocycles. The largest absolute Gasteiger partial charge is 0.313 e. The highest BCUT2D eigenvalue weighted by Gasteiger charge is 2.25. The van der Waals surface area contributed by atoms with Crippen molar-refractivity contribution in [2.45, 2.75) is 45.2 Å². The number of rotatable bonds is 7. The molecular formula is C12H26N2OS. The SMILES string of the molecule is CCCNC1CCN(C(C)CCS(C)=O)C1. The van der Waals surface area contributed by atoms with E-state index in [0.717, 1.165) is 25.3 Å². The Balaban J connectivity index is 2.21. The fraction of sp³-hybridized carbons (Fsp3) is 1.00. The summed E-state index contributed by atoms with van der Waals surface area (Å²) in [5, 5.41) is 3.58. The standard InChI is InChI=1S/C12H26N2OS/c1-4-7-13-12-5-8-14(10-12)11(2)6-9-16(3)15/h11-13H,4-10H2,1-3H3. The summed E-state index contributed by atoms with van der Waals surface area (Å²) >= 11 is 0. The molecule has 16 heavy (non-hydrogen) atoms. The lowest BCUT2D eigenvalue weighted by Gasteiger charge is -2.24. The Morgan fingerprint density at radius 2 is 2.31 bits per heavy atom. The van der Waals surface area contributed by atoms with Gasteiger partial charge in [-0.15, -0.1) is 0 Å². The van der Waals surface area contributed by atoms with Crippen molar-refractivity contribution in [1.82, 2.24) is 10.2 Å². The minimum atomic E-state index is -0.642. The van der Waals surface area contributed by atoms with Crippen LogP contribution in [0.1, 0.15) is 33.1 Å². The van der Waals surface area contributed by atoms with E-state index < -0.39 is 10.8 Å². The summed E-state index contributed by atoms with van der Waals surface area (Å²) in [6.45, 7) is 7.95. The summed E-state index contributed by atoms with van der Waals surface area (Å²) in [7, 11) is -0.642. The lowest BCUT2D eigenvalue weighted by molar-refractivity contribution is 0.247. The fourth-order valence-corrected chi connectivity index (χ4v) is 2.89. The molecule has 1 aliphatic heterocycles. The molecule has 0 bridgehead atoms. The molecule has 0 aromatic rings. The van der Waals surface area contributed by atoms with Crippen molar-refractivity contribution in [1.29, 1.82) is 0 Å². The van der Waals surface area contributed by atoms with Gasteiger partial charge >= 0.3 is 0 Å². The van der Waals surface area contributed by atoms with Crippen molar-refractivity contribution < 1.29 is 4.21 Å². The van der Waals surface area contributed by atoms with Gasteiger partial charge in [0.05, 0.1) is 0 Å². The lowest BCUT2D eigenvalue weighted by atomic mass is 10.2. The van der Waals surface area contributed by atoms with E-state index in [-0.39, 0.29) is 0 Å². The van der Waals surface area contributed by atoms with Crippen LogP contribution >= 0.6 is 0 Å². The first kappa shape index (κ1) is 14.1. The van der Waals surface area contributed by atoms with E-state index in [1.807, 2.05) is 0 Å². The van der Waals surface area contributed by atoms with Crippen LogP contribution in [0.5, 0.6) is 0 Å². The van der Waals surface area contributed by atoms with E-state index in [4.69, 9.17) is 0 Å². The van der Waals surface area contributed by atoms with Gasteiger partial charge in [-0.3, -0.25) is 9.11 Å². The van der Waals surface area contributed by atoms with Gasteiger partial charge in [0.15, 0.2) is 0 Å². The monoisotopic (exact) mass is 246 g/mol. The third-order valence-electron chi connectivity index (χ3n) is 3.35. The summed E-state index contributed by atoms with van der Waals surface area (Å²) in [5.41, 5.74) is 0. The van der Waals surface area contributed by atoms with Gasteiger partial charge in [0.25, 0.3) is 0 Å². The second-order valence-corrected chi connectivity index (χ2v) is 6.40. The molecule has 0 aromatic heterocycles. The summed E-state index contributed by atoms with van der Waals surface area (Å²) in [6, 6.07) is 1.26. The summed E-state index contributed by atoms with van der Waals surface area (Å²) in [6.07, 6.45) is 5.33. The van der Waals surface area contributed by atoms with E-state index >= 15 is 0 Å². The Kier molecular flexibility index (Phi) is 6.54. The summed E-state index contributed by atoms with van der Waals surface area (Å²) in [4.78, 5) is 2.53. The predicted octanol–water partition coefficient (Wildman–Crippen LogP) is 1.22. The molecule has 96 valence electrons. The Bertz CT molecular complexity index is 223. The molecule has 1 N–H and O–H groups in total. The quantitative estimate of drug-likeness (QED) is 0.733. The molecule has 0 aliphatic carbocycles. The average molecular weight is 246 g/mol. The molecule has 3 atom stereocenters. The molecule has 0 aromatic carbocycles. The molecule has 1 rings (SSSR count). The van der Waals surface area contributed by atoms with Crippen LogP contribution < -0.4 is 5.32 Å². The van der Waals surface area contributed by atoms with Crippen LogP contribution in [0.3, 0.4) is 0 Å². The van der Waals surface area contributed by atoms with E-state index in [9.17, 15) is 4.21 Å². The molecular weight excluding hydrogens is 220 g/mol. The maximum Gasteiger partial charge on any atom is 0.0246 e. The second-order valence-electron chi connectivity index (χ2n) is 4.85. The molecule has 0 amide bonds. The first-order chi connectivity index (χ1) is 7.63. The first-order valence-electron chi connectivity index (χ1n) is 6.41. The van der Waals surface area contributed by atoms with Gasteiger partial charge in [-0.25, -0.2) is 0 Å². The molecule has 3 unspecified atom stereocenters. The number of likely N-dealkylation sites (tertiary alicyclic amines) is 1. The zero-order chi connectivity index (χ0) is 12.0. The highest BCUT2D eigenvalue weighted by Crippen LogP contribution is 2.14. The normalized spacial score (nSPS) is 25.8. The van der Waals surface area contributed by atoms with E-state index in [1.54, 1.807) is 6.26 Å².